The third-order valence-corrected chi connectivity index (χ3v) is 4.59. The minimum Gasteiger partial charge on any atom is -0.478 e. The predicted molar refractivity (Wildman–Crippen MR) is 80.7 cm³/mol. The van der Waals surface area contributed by atoms with Crippen LogP contribution in [0.2, 0.25) is 0 Å². The molecule has 0 radical (unpaired) electrons. The number of benzene rings is 1. The highest BCUT2D eigenvalue weighted by Crippen LogP contribution is 2.40. The van der Waals surface area contributed by atoms with Gasteiger partial charge in [0.2, 0.25) is 5.91 Å². The van der Waals surface area contributed by atoms with Crippen LogP contribution in [0.3, 0.4) is 0 Å². The molecule has 3 rings (SSSR count). The zero-order chi connectivity index (χ0) is 15.5. The number of rotatable bonds is 6. The summed E-state index contributed by atoms with van der Waals surface area (Å²) in [6, 6.07) is 6.83. The first-order chi connectivity index (χ1) is 10.6. The molecule has 2 saturated heterocycles. The maximum absolute atomic E-state index is 12.0. The van der Waals surface area contributed by atoms with E-state index in [4.69, 9.17) is 9.84 Å². The molecule has 3 atom stereocenters. The van der Waals surface area contributed by atoms with Gasteiger partial charge >= 0.3 is 5.97 Å². The Bertz CT molecular complexity index is 572. The molecule has 2 aliphatic rings. The van der Waals surface area contributed by atoms with Crippen molar-refractivity contribution < 1.29 is 19.4 Å². The minimum absolute atomic E-state index is 0.0653. The third-order valence-electron chi connectivity index (χ3n) is 4.59. The number of carboxylic acids is 1. The smallest absolute Gasteiger partial charge is 0.335 e. The second-order valence-corrected chi connectivity index (χ2v) is 6.18. The molecule has 2 bridgehead atoms. The minimum atomic E-state index is -0.929. The number of ether oxygens (including phenoxy) is 1. The summed E-state index contributed by atoms with van der Waals surface area (Å²) in [4.78, 5) is 22.9. The predicted octanol–water partition coefficient (Wildman–Crippen LogP) is 2.00. The van der Waals surface area contributed by atoms with Gasteiger partial charge in [0, 0.05) is 13.0 Å². The monoisotopic (exact) mass is 303 g/mol. The molecule has 3 unspecified atom stereocenters. The van der Waals surface area contributed by atoms with E-state index in [-0.39, 0.29) is 17.6 Å². The Hall–Kier alpha value is -1.88. The highest BCUT2D eigenvalue weighted by molar-refractivity contribution is 5.87. The van der Waals surface area contributed by atoms with Crippen LogP contribution in [0.25, 0.3) is 0 Å². The molecule has 0 aliphatic carbocycles. The van der Waals surface area contributed by atoms with Gasteiger partial charge < -0.3 is 15.2 Å². The molecule has 0 spiro atoms. The fraction of sp³-hybridized carbons (Fsp3) is 0.529. The standard InChI is InChI=1S/C17H21NO4/c19-16(10-13-9-14-4-5-15(13)22-14)18-7-6-11-2-1-3-12(8-11)17(20)21/h1-3,8,13-15H,4-7,9-10H2,(H,18,19)(H,20,21). The molecule has 0 saturated carbocycles. The molecule has 2 aliphatic heterocycles. The van der Waals surface area contributed by atoms with Crippen LogP contribution in [0.15, 0.2) is 24.3 Å². The molecule has 1 aromatic rings. The quantitative estimate of drug-likeness (QED) is 0.843. The lowest BCUT2D eigenvalue weighted by atomic mass is 9.87. The Morgan fingerprint density at radius 1 is 1.32 bits per heavy atom. The van der Waals surface area contributed by atoms with E-state index in [0.717, 1.165) is 24.8 Å². The zero-order valence-corrected chi connectivity index (χ0v) is 12.5. The molecule has 5 heteroatoms. The number of nitrogens with one attached hydrogen (secondary N) is 1. The van der Waals surface area contributed by atoms with Gasteiger partial charge in [-0.1, -0.05) is 12.1 Å². The summed E-state index contributed by atoms with van der Waals surface area (Å²) in [5, 5.41) is 11.9. The number of amides is 1. The summed E-state index contributed by atoms with van der Waals surface area (Å²) in [5.74, 6) is -0.494. The highest BCUT2D eigenvalue weighted by Gasteiger charge is 2.41. The van der Waals surface area contributed by atoms with Crippen molar-refractivity contribution in [1.82, 2.24) is 5.32 Å². The summed E-state index contributed by atoms with van der Waals surface area (Å²) in [6.07, 6.45) is 5.08. The normalized spacial score (nSPS) is 26.1. The summed E-state index contributed by atoms with van der Waals surface area (Å²) < 4.78 is 5.76. The topological polar surface area (TPSA) is 75.6 Å². The first-order valence-corrected chi connectivity index (χ1v) is 7.86. The van der Waals surface area contributed by atoms with E-state index in [1.165, 1.54) is 0 Å². The molecule has 2 heterocycles. The molecule has 0 aromatic heterocycles. The largest absolute Gasteiger partial charge is 0.478 e. The lowest BCUT2D eigenvalue weighted by molar-refractivity contribution is -0.122. The van der Waals surface area contributed by atoms with E-state index in [1.807, 2.05) is 6.07 Å². The zero-order valence-electron chi connectivity index (χ0n) is 12.5. The van der Waals surface area contributed by atoms with Crippen molar-refractivity contribution in [3.63, 3.8) is 0 Å². The molecular formula is C17H21NO4. The first-order valence-electron chi connectivity index (χ1n) is 7.86. The highest BCUT2D eigenvalue weighted by atomic mass is 16.5. The second kappa shape index (κ2) is 6.48. The number of fused-ring (bicyclic) bond motifs is 2. The summed E-state index contributed by atoms with van der Waals surface area (Å²) in [5.41, 5.74) is 1.20. The number of aromatic carboxylic acids is 1. The molecule has 5 nitrogen and oxygen atoms in total. The number of carbonyl (C=O) groups excluding carboxylic acids is 1. The average Bonchev–Trinajstić information content (AvgIpc) is 3.10. The summed E-state index contributed by atoms with van der Waals surface area (Å²) in [7, 11) is 0. The second-order valence-electron chi connectivity index (χ2n) is 6.18. The number of hydrogen-bond acceptors (Lipinski definition) is 3. The molecule has 2 N–H and O–H groups in total. The summed E-state index contributed by atoms with van der Waals surface area (Å²) >= 11 is 0. The van der Waals surface area contributed by atoms with E-state index >= 15 is 0 Å². The van der Waals surface area contributed by atoms with Gasteiger partial charge in [0.15, 0.2) is 0 Å². The van der Waals surface area contributed by atoms with Crippen molar-refractivity contribution in [3.8, 4) is 0 Å². The van der Waals surface area contributed by atoms with Crippen LogP contribution in [-0.4, -0.2) is 35.7 Å². The molecule has 118 valence electrons. The fourth-order valence-electron chi connectivity index (χ4n) is 3.47. The maximum atomic E-state index is 12.0. The van der Waals surface area contributed by atoms with Crippen LogP contribution in [0.4, 0.5) is 0 Å². The van der Waals surface area contributed by atoms with E-state index in [9.17, 15) is 9.59 Å². The summed E-state index contributed by atoms with van der Waals surface area (Å²) in [6.45, 7) is 0.531. The Labute approximate surface area is 129 Å². The van der Waals surface area contributed by atoms with Crippen LogP contribution in [0.5, 0.6) is 0 Å². The van der Waals surface area contributed by atoms with E-state index in [0.29, 0.717) is 31.4 Å². The van der Waals surface area contributed by atoms with Gasteiger partial charge in [-0.3, -0.25) is 4.79 Å². The van der Waals surface area contributed by atoms with Crippen LogP contribution in [0.1, 0.15) is 41.6 Å². The van der Waals surface area contributed by atoms with E-state index in [1.54, 1.807) is 18.2 Å². The number of hydrogen-bond donors (Lipinski definition) is 2. The third kappa shape index (κ3) is 3.47. The van der Waals surface area contributed by atoms with Gasteiger partial charge in [0.05, 0.1) is 17.8 Å². The van der Waals surface area contributed by atoms with E-state index < -0.39 is 5.97 Å². The van der Waals surface area contributed by atoms with Gasteiger partial charge in [-0.25, -0.2) is 4.79 Å². The lowest BCUT2D eigenvalue weighted by Gasteiger charge is -2.17. The van der Waals surface area contributed by atoms with Crippen LogP contribution >= 0.6 is 0 Å². The molecule has 2 fully saturated rings. The number of carboxylic acid groups (broad SMARTS) is 1. The van der Waals surface area contributed by atoms with Gasteiger partial charge in [-0.05, 0) is 49.3 Å². The van der Waals surface area contributed by atoms with Crippen LogP contribution in [0, 0.1) is 5.92 Å². The Balaban J connectivity index is 1.42. The molecule has 1 amide bonds. The fourth-order valence-corrected chi connectivity index (χ4v) is 3.47. The van der Waals surface area contributed by atoms with Crippen molar-refractivity contribution in [2.75, 3.05) is 6.54 Å². The van der Waals surface area contributed by atoms with Crippen molar-refractivity contribution in [2.24, 2.45) is 5.92 Å². The Kier molecular flexibility index (Phi) is 4.43. The van der Waals surface area contributed by atoms with Gasteiger partial charge in [0.1, 0.15) is 0 Å². The SMILES string of the molecule is O=C(CC1CC2CCC1O2)NCCc1cccc(C(=O)O)c1. The van der Waals surface area contributed by atoms with Crippen molar-refractivity contribution in [2.45, 2.75) is 44.3 Å². The van der Waals surface area contributed by atoms with Crippen molar-refractivity contribution in [3.05, 3.63) is 35.4 Å². The van der Waals surface area contributed by atoms with E-state index in [2.05, 4.69) is 5.32 Å². The average molecular weight is 303 g/mol. The van der Waals surface area contributed by atoms with Crippen LogP contribution in [-0.2, 0) is 16.0 Å². The first kappa shape index (κ1) is 15.0. The van der Waals surface area contributed by atoms with Crippen molar-refractivity contribution >= 4 is 11.9 Å². The Morgan fingerprint density at radius 3 is 2.86 bits per heavy atom. The van der Waals surface area contributed by atoms with Gasteiger partial charge in [0.25, 0.3) is 0 Å². The molecule has 1 aromatic carbocycles. The number of carbonyl (C=O) groups is 2. The Morgan fingerprint density at radius 2 is 2.18 bits per heavy atom. The lowest BCUT2D eigenvalue weighted by Crippen LogP contribution is -2.30. The van der Waals surface area contributed by atoms with Crippen molar-refractivity contribution in [1.29, 1.82) is 0 Å². The molecule has 22 heavy (non-hydrogen) atoms. The van der Waals surface area contributed by atoms with Crippen LogP contribution < -0.4 is 5.32 Å². The van der Waals surface area contributed by atoms with Gasteiger partial charge in [-0.2, -0.15) is 0 Å². The molecular weight excluding hydrogens is 282 g/mol. The van der Waals surface area contributed by atoms with Gasteiger partial charge in [-0.15, -0.1) is 0 Å². The maximum Gasteiger partial charge on any atom is 0.335 e.